The fraction of sp³-hybridized carbons (Fsp3) is 0.611. The summed E-state index contributed by atoms with van der Waals surface area (Å²) in [7, 11) is -0.975. The molecule has 0 saturated heterocycles. The fourth-order valence-electron chi connectivity index (χ4n) is 2.90. The zero-order valence-corrected chi connectivity index (χ0v) is 17.4. The van der Waals surface area contributed by atoms with Gasteiger partial charge in [0.1, 0.15) is 0 Å². The normalized spacial score (nSPS) is 20.6. The van der Waals surface area contributed by atoms with Gasteiger partial charge in [0.15, 0.2) is 0 Å². The molecule has 0 aliphatic heterocycles. The van der Waals surface area contributed by atoms with Crippen molar-refractivity contribution in [2.45, 2.75) is 64.7 Å². The van der Waals surface area contributed by atoms with Crippen molar-refractivity contribution >= 4 is 8.07 Å². The van der Waals surface area contributed by atoms with E-state index in [1.165, 1.54) is 37.8 Å². The van der Waals surface area contributed by atoms with Crippen LogP contribution < -0.4 is 0 Å². The van der Waals surface area contributed by atoms with Crippen LogP contribution in [0, 0.1) is 34.3 Å². The van der Waals surface area contributed by atoms with E-state index in [0.29, 0.717) is 0 Å². The Hall–Kier alpha value is 0.411. The van der Waals surface area contributed by atoms with E-state index in [2.05, 4.69) is 33.0 Å². The molecule has 0 spiro atoms. The van der Waals surface area contributed by atoms with E-state index in [0.717, 1.165) is 5.92 Å². The van der Waals surface area contributed by atoms with Crippen LogP contribution in [0.15, 0.2) is 16.7 Å². The minimum absolute atomic E-state index is 0. The molecule has 0 saturated carbocycles. The average molecular weight is 326 g/mol. The predicted molar refractivity (Wildman–Crippen MR) is 93.4 cm³/mol. The number of hydrogen-bond acceptors (Lipinski definition) is 0. The van der Waals surface area contributed by atoms with Crippen LogP contribution >= 0.6 is 0 Å². The van der Waals surface area contributed by atoms with Crippen molar-refractivity contribution in [3.8, 4) is 0 Å². The molecule has 0 amide bonds. The van der Waals surface area contributed by atoms with Crippen LogP contribution in [0.5, 0.6) is 0 Å². The molecule has 0 aromatic rings. The number of allylic oxidation sites excluding steroid dienone is 4. The van der Waals surface area contributed by atoms with Gasteiger partial charge < -0.3 is 22.3 Å². The van der Waals surface area contributed by atoms with Gasteiger partial charge in [0.2, 0.25) is 0 Å². The van der Waals surface area contributed by atoms with Crippen molar-refractivity contribution in [1.82, 2.24) is 0 Å². The molecule has 0 N–H and O–H groups in total. The zero-order chi connectivity index (χ0) is 11.8. The smallest absolute Gasteiger partial charge is 0.358 e. The Morgan fingerprint density at radius 3 is 2.15 bits per heavy atom. The largest absolute Gasteiger partial charge is 4.00 e. The predicted octanol–water partition coefficient (Wildman–Crippen LogP) is 6.31. The molecule has 0 aromatic heterocycles. The first-order chi connectivity index (χ1) is 7.53. The van der Waals surface area contributed by atoms with Gasteiger partial charge in [-0.15, -0.1) is 0 Å². The summed E-state index contributed by atoms with van der Waals surface area (Å²) in [4.78, 5) is 0. The Morgan fingerprint density at radius 2 is 1.65 bits per heavy atom. The second-order valence-corrected chi connectivity index (χ2v) is 11.7. The van der Waals surface area contributed by atoms with E-state index < -0.39 is 8.07 Å². The molecule has 20 heavy (non-hydrogen) atoms. The Balaban J connectivity index is -0.000000722. The van der Waals surface area contributed by atoms with Crippen molar-refractivity contribution < 1.29 is 21.7 Å². The summed E-state index contributed by atoms with van der Waals surface area (Å²) in [6.45, 7) is 9.81. The first-order valence-electron chi connectivity index (χ1n) is 6.88. The molecule has 0 nitrogen and oxygen atoms in total. The van der Waals surface area contributed by atoms with Gasteiger partial charge in [-0.3, -0.25) is 0 Å². The molecule has 0 heterocycles. The van der Waals surface area contributed by atoms with Crippen molar-refractivity contribution in [3.63, 3.8) is 0 Å². The van der Waals surface area contributed by atoms with Crippen LogP contribution in [0.3, 0.4) is 0 Å². The van der Waals surface area contributed by atoms with Crippen molar-refractivity contribution in [2.24, 2.45) is 5.92 Å². The monoisotopic (exact) mass is 326 g/mol. The fourth-order valence-corrected chi connectivity index (χ4v) is 4.58. The Kier molecular flexibility index (Phi) is 12.9. The SMILES string of the molecule is CC[Si](C)(C)CC1=[C-]C2=C(CCCC2)C1C.[CH3-].[CH3-].[CH3-].[Ti+4]. The van der Waals surface area contributed by atoms with E-state index in [4.69, 9.17) is 0 Å². The van der Waals surface area contributed by atoms with E-state index in [1.54, 1.807) is 16.7 Å². The summed E-state index contributed by atoms with van der Waals surface area (Å²) in [6, 6.07) is 2.77. The van der Waals surface area contributed by atoms with Gasteiger partial charge in [-0.1, -0.05) is 70.6 Å². The minimum atomic E-state index is -0.975. The summed E-state index contributed by atoms with van der Waals surface area (Å²) < 4.78 is 0. The molecular weight excluding hydrogens is 292 g/mol. The maximum atomic E-state index is 3.76. The third kappa shape index (κ3) is 5.66. The molecule has 2 heteroatoms. The molecule has 1 unspecified atom stereocenters. The molecule has 2 rings (SSSR count). The number of rotatable bonds is 3. The van der Waals surface area contributed by atoms with Crippen LogP contribution in [0.4, 0.5) is 0 Å². The van der Waals surface area contributed by atoms with Crippen LogP contribution in [-0.2, 0) is 21.7 Å². The second-order valence-electron chi connectivity index (χ2n) is 6.28. The third-order valence-electron chi connectivity index (χ3n) is 4.49. The van der Waals surface area contributed by atoms with Crippen molar-refractivity contribution in [3.05, 3.63) is 45.1 Å². The van der Waals surface area contributed by atoms with E-state index in [-0.39, 0.29) is 44.0 Å². The van der Waals surface area contributed by atoms with Crippen LogP contribution in [0.1, 0.15) is 39.5 Å². The molecule has 0 fully saturated rings. The first kappa shape index (κ1) is 25.4. The van der Waals surface area contributed by atoms with Gasteiger partial charge in [-0.05, 0) is 0 Å². The van der Waals surface area contributed by atoms with Crippen LogP contribution in [-0.4, -0.2) is 8.07 Å². The quantitative estimate of drug-likeness (QED) is 0.421. The summed E-state index contributed by atoms with van der Waals surface area (Å²) in [6.07, 6.45) is 9.21. The third-order valence-corrected chi connectivity index (χ3v) is 7.75. The number of hydrogen-bond donors (Lipinski definition) is 0. The van der Waals surface area contributed by atoms with Gasteiger partial charge in [-0.25, -0.2) is 17.2 Å². The molecule has 1 atom stereocenters. The Morgan fingerprint density at radius 1 is 1.10 bits per heavy atom. The molecule has 0 aromatic carbocycles. The first-order valence-corrected chi connectivity index (χ1v) is 10.3. The van der Waals surface area contributed by atoms with Crippen molar-refractivity contribution in [1.29, 1.82) is 0 Å². The van der Waals surface area contributed by atoms with Crippen LogP contribution in [0.2, 0.25) is 25.2 Å². The molecule has 0 bridgehead atoms. The van der Waals surface area contributed by atoms with Gasteiger partial charge in [0, 0.05) is 8.07 Å². The van der Waals surface area contributed by atoms with Gasteiger partial charge in [-0.2, -0.15) is 5.57 Å². The Bertz CT molecular complexity index is 339. The standard InChI is InChI=1S/C15H25Si.3CH3.Ti/c1-5-16(3,4)11-14-10-13-8-6-7-9-15(13)12(14)2;;;;/h12H,5-9,11H2,1-4H3;3*1H3;/q4*-1;+4. The van der Waals surface area contributed by atoms with Crippen LogP contribution in [0.25, 0.3) is 0 Å². The molecule has 2 aliphatic carbocycles. The van der Waals surface area contributed by atoms with Crippen molar-refractivity contribution in [2.75, 3.05) is 0 Å². The zero-order valence-electron chi connectivity index (χ0n) is 14.8. The molecular formula is C18H34SiTi. The molecule has 2 aliphatic rings. The second kappa shape index (κ2) is 10.2. The molecule has 114 valence electrons. The van der Waals surface area contributed by atoms with E-state index in [9.17, 15) is 0 Å². The van der Waals surface area contributed by atoms with Gasteiger partial charge in [0.05, 0.1) is 0 Å². The van der Waals surface area contributed by atoms with E-state index >= 15 is 0 Å². The minimum Gasteiger partial charge on any atom is -0.358 e. The summed E-state index contributed by atoms with van der Waals surface area (Å²) in [5.41, 5.74) is 4.97. The average Bonchev–Trinajstić information content (AvgIpc) is 2.56. The summed E-state index contributed by atoms with van der Waals surface area (Å²) in [5, 5.41) is 0. The van der Waals surface area contributed by atoms with Gasteiger partial charge in [0.25, 0.3) is 0 Å². The maximum Gasteiger partial charge on any atom is 4.00 e. The van der Waals surface area contributed by atoms with Gasteiger partial charge >= 0.3 is 21.7 Å². The topological polar surface area (TPSA) is 0 Å². The summed E-state index contributed by atoms with van der Waals surface area (Å²) >= 11 is 0. The maximum absolute atomic E-state index is 3.76. The molecule has 0 radical (unpaired) electrons. The van der Waals surface area contributed by atoms with E-state index in [1.807, 2.05) is 0 Å². The Labute approximate surface area is 145 Å². The summed E-state index contributed by atoms with van der Waals surface area (Å²) in [5.74, 6) is 0.730.